The lowest BCUT2D eigenvalue weighted by Gasteiger charge is -2.30. The van der Waals surface area contributed by atoms with Crippen LogP contribution in [0.25, 0.3) is 0 Å². The van der Waals surface area contributed by atoms with Crippen LogP contribution in [0.2, 0.25) is 0 Å². The van der Waals surface area contributed by atoms with Gasteiger partial charge in [-0.25, -0.2) is 0 Å². The zero-order chi connectivity index (χ0) is 14.1. The number of aliphatic hydroxyl groups is 1. The molecule has 19 heavy (non-hydrogen) atoms. The van der Waals surface area contributed by atoms with Crippen molar-refractivity contribution in [2.45, 2.75) is 18.6 Å². The molecule has 0 amide bonds. The third kappa shape index (κ3) is 3.10. The maximum Gasteiger partial charge on any atom is 0.401 e. The average molecular weight is 277 g/mol. The van der Waals surface area contributed by atoms with Crippen molar-refractivity contribution in [3.05, 3.63) is 23.8 Å². The van der Waals surface area contributed by atoms with Crippen molar-refractivity contribution in [2.24, 2.45) is 0 Å². The molecule has 0 aromatic heterocycles. The van der Waals surface area contributed by atoms with Gasteiger partial charge in [-0.1, -0.05) is 6.07 Å². The molecule has 1 aromatic rings. The van der Waals surface area contributed by atoms with Gasteiger partial charge in [0.1, 0.15) is 0 Å². The zero-order valence-corrected chi connectivity index (χ0v) is 10.3. The predicted molar refractivity (Wildman–Crippen MR) is 61.1 cm³/mol. The van der Waals surface area contributed by atoms with Crippen LogP contribution in [-0.2, 0) is 5.54 Å². The quantitative estimate of drug-likeness (QED) is 0.880. The number of hydrogen-bond acceptors (Lipinski definition) is 4. The molecular weight excluding hydrogens is 263 g/mol. The highest BCUT2D eigenvalue weighted by Gasteiger charge is 2.34. The summed E-state index contributed by atoms with van der Waals surface area (Å²) >= 11 is 0. The van der Waals surface area contributed by atoms with Crippen LogP contribution in [0.3, 0.4) is 0 Å². The van der Waals surface area contributed by atoms with Gasteiger partial charge in [-0.15, -0.1) is 0 Å². The first kappa shape index (κ1) is 14.0. The van der Waals surface area contributed by atoms with Crippen molar-refractivity contribution in [3.63, 3.8) is 0 Å². The van der Waals surface area contributed by atoms with Gasteiger partial charge in [0, 0.05) is 0 Å². The van der Waals surface area contributed by atoms with Gasteiger partial charge < -0.3 is 14.6 Å². The van der Waals surface area contributed by atoms with E-state index in [1.54, 1.807) is 18.2 Å². The predicted octanol–water partition coefficient (Wildman–Crippen LogP) is 1.77. The van der Waals surface area contributed by atoms with Gasteiger partial charge in [0.2, 0.25) is 6.79 Å². The number of fused-ring (bicyclic) bond motifs is 1. The summed E-state index contributed by atoms with van der Waals surface area (Å²) in [6.07, 6.45) is -4.34. The minimum absolute atomic E-state index is 0.0879. The first-order valence-corrected chi connectivity index (χ1v) is 5.67. The Labute approximate surface area is 108 Å². The molecule has 0 fully saturated rings. The van der Waals surface area contributed by atoms with Crippen molar-refractivity contribution in [1.82, 2.24) is 5.32 Å². The second-order valence-electron chi connectivity index (χ2n) is 4.53. The van der Waals surface area contributed by atoms with E-state index in [0.29, 0.717) is 17.1 Å². The molecule has 1 atom stereocenters. The van der Waals surface area contributed by atoms with E-state index in [2.05, 4.69) is 5.32 Å². The number of alkyl halides is 3. The molecule has 1 unspecified atom stereocenters. The Bertz CT molecular complexity index is 464. The second kappa shape index (κ2) is 4.90. The lowest BCUT2D eigenvalue weighted by molar-refractivity contribution is -0.129. The normalized spacial score (nSPS) is 17.3. The zero-order valence-electron chi connectivity index (χ0n) is 10.3. The Morgan fingerprint density at radius 1 is 1.26 bits per heavy atom. The first-order valence-electron chi connectivity index (χ1n) is 5.67. The monoisotopic (exact) mass is 277 g/mol. The summed E-state index contributed by atoms with van der Waals surface area (Å²) in [6.45, 7) is -0.0674. The van der Waals surface area contributed by atoms with Crippen molar-refractivity contribution >= 4 is 0 Å². The van der Waals surface area contributed by atoms with Crippen molar-refractivity contribution in [2.75, 3.05) is 19.9 Å². The Hall–Kier alpha value is -1.47. The largest absolute Gasteiger partial charge is 0.454 e. The van der Waals surface area contributed by atoms with Crippen LogP contribution >= 0.6 is 0 Å². The van der Waals surface area contributed by atoms with Crippen molar-refractivity contribution < 1.29 is 27.8 Å². The topological polar surface area (TPSA) is 50.7 Å². The summed E-state index contributed by atoms with van der Waals surface area (Å²) in [6, 6.07) is 4.79. The fraction of sp³-hybridized carbons (Fsp3) is 0.500. The summed E-state index contributed by atoms with van der Waals surface area (Å²) in [5.41, 5.74) is -0.695. The molecule has 2 rings (SSSR count). The van der Waals surface area contributed by atoms with Crippen LogP contribution in [0, 0.1) is 0 Å². The molecule has 0 aliphatic carbocycles. The Balaban J connectivity index is 2.20. The smallest absolute Gasteiger partial charge is 0.401 e. The first-order chi connectivity index (χ1) is 8.84. The fourth-order valence-electron chi connectivity index (χ4n) is 1.78. The highest BCUT2D eigenvalue weighted by atomic mass is 19.4. The number of hydrogen-bond donors (Lipinski definition) is 2. The lowest BCUT2D eigenvalue weighted by atomic mass is 9.92. The second-order valence-corrected chi connectivity index (χ2v) is 4.53. The van der Waals surface area contributed by atoms with E-state index in [1.165, 1.54) is 6.92 Å². The highest BCUT2D eigenvalue weighted by Crippen LogP contribution is 2.35. The van der Waals surface area contributed by atoms with Gasteiger partial charge in [-0.05, 0) is 24.6 Å². The van der Waals surface area contributed by atoms with E-state index in [9.17, 15) is 18.3 Å². The van der Waals surface area contributed by atoms with E-state index in [-0.39, 0.29) is 6.79 Å². The van der Waals surface area contributed by atoms with Gasteiger partial charge in [0.25, 0.3) is 0 Å². The molecule has 0 saturated heterocycles. The van der Waals surface area contributed by atoms with E-state index in [0.717, 1.165) is 0 Å². The number of aliphatic hydroxyl groups excluding tert-OH is 1. The molecule has 2 N–H and O–H groups in total. The van der Waals surface area contributed by atoms with Crippen LogP contribution < -0.4 is 14.8 Å². The van der Waals surface area contributed by atoms with Crippen molar-refractivity contribution in [3.8, 4) is 11.5 Å². The third-order valence-electron chi connectivity index (χ3n) is 3.00. The molecule has 106 valence electrons. The van der Waals surface area contributed by atoms with E-state index >= 15 is 0 Å². The van der Waals surface area contributed by atoms with Gasteiger partial charge >= 0.3 is 6.18 Å². The maximum atomic E-state index is 12.3. The van der Waals surface area contributed by atoms with Crippen molar-refractivity contribution in [1.29, 1.82) is 0 Å². The Kier molecular flexibility index (Phi) is 3.60. The molecule has 1 aliphatic rings. The standard InChI is InChI=1S/C12H14F3NO3/c1-11(6-17,16-5-12(13,14)15)8-2-3-9-10(4-8)19-7-18-9/h2-4,16-17H,5-7H2,1H3. The minimum Gasteiger partial charge on any atom is -0.454 e. The number of halogens is 3. The van der Waals surface area contributed by atoms with Crippen LogP contribution in [0.4, 0.5) is 13.2 Å². The minimum atomic E-state index is -4.34. The highest BCUT2D eigenvalue weighted by molar-refractivity contribution is 5.46. The molecule has 0 spiro atoms. The molecule has 1 heterocycles. The van der Waals surface area contributed by atoms with Gasteiger partial charge in [-0.2, -0.15) is 13.2 Å². The van der Waals surface area contributed by atoms with E-state index in [4.69, 9.17) is 9.47 Å². The van der Waals surface area contributed by atoms with Gasteiger partial charge in [0.15, 0.2) is 11.5 Å². The van der Waals surface area contributed by atoms with Crippen LogP contribution in [0.5, 0.6) is 11.5 Å². The summed E-state index contributed by atoms with van der Waals surface area (Å²) in [4.78, 5) is 0. The van der Waals surface area contributed by atoms with Crippen LogP contribution in [0.1, 0.15) is 12.5 Å². The van der Waals surface area contributed by atoms with E-state index < -0.39 is 24.9 Å². The van der Waals surface area contributed by atoms with Gasteiger partial charge in [0.05, 0.1) is 18.7 Å². The summed E-state index contributed by atoms with van der Waals surface area (Å²) in [7, 11) is 0. The van der Waals surface area contributed by atoms with Gasteiger partial charge in [-0.3, -0.25) is 5.32 Å². The number of ether oxygens (including phenoxy) is 2. The Morgan fingerprint density at radius 3 is 2.58 bits per heavy atom. The molecule has 0 bridgehead atoms. The fourth-order valence-corrected chi connectivity index (χ4v) is 1.78. The average Bonchev–Trinajstić information content (AvgIpc) is 2.82. The molecule has 0 radical (unpaired) electrons. The molecule has 1 aliphatic heterocycles. The molecule has 1 aromatic carbocycles. The molecule has 7 heteroatoms. The van der Waals surface area contributed by atoms with E-state index in [1.807, 2.05) is 0 Å². The SMILES string of the molecule is CC(CO)(NCC(F)(F)F)c1ccc2c(c1)OCO2. The maximum absolute atomic E-state index is 12.3. The summed E-state index contributed by atoms with van der Waals surface area (Å²) < 4.78 is 47.1. The molecular formula is C12H14F3NO3. The number of nitrogens with one attached hydrogen (secondary N) is 1. The number of rotatable bonds is 4. The molecule has 0 saturated carbocycles. The third-order valence-corrected chi connectivity index (χ3v) is 3.00. The van der Waals surface area contributed by atoms with Crippen LogP contribution in [0.15, 0.2) is 18.2 Å². The summed E-state index contributed by atoms with van der Waals surface area (Å²) in [5, 5.41) is 11.7. The Morgan fingerprint density at radius 2 is 1.95 bits per heavy atom. The number of benzene rings is 1. The van der Waals surface area contributed by atoms with Crippen LogP contribution in [-0.4, -0.2) is 31.2 Å². The lowest BCUT2D eigenvalue weighted by Crippen LogP contribution is -2.47. The molecule has 4 nitrogen and oxygen atoms in total. The summed E-state index contributed by atoms with van der Waals surface area (Å²) in [5.74, 6) is 1.01.